The first-order valence-corrected chi connectivity index (χ1v) is 5.51. The van der Waals surface area contributed by atoms with Crippen LogP contribution in [0.2, 0.25) is 0 Å². The summed E-state index contributed by atoms with van der Waals surface area (Å²) in [4.78, 5) is 2.23. The second-order valence-electron chi connectivity index (χ2n) is 4.50. The van der Waals surface area contributed by atoms with Gasteiger partial charge in [0.15, 0.2) is 0 Å². The molecule has 0 spiro atoms. The highest BCUT2D eigenvalue weighted by Gasteiger charge is 2.31. The highest BCUT2D eigenvalue weighted by Crippen LogP contribution is 2.33. The van der Waals surface area contributed by atoms with Crippen LogP contribution in [0.25, 0.3) is 0 Å². The van der Waals surface area contributed by atoms with E-state index >= 15 is 0 Å². The van der Waals surface area contributed by atoms with Crippen LogP contribution < -0.4 is 0 Å². The maximum atomic E-state index is 12.8. The predicted molar refractivity (Wildman–Crippen MR) is 60.4 cm³/mol. The number of nitrogens with zero attached hydrogens (tertiary/aromatic N) is 2. The van der Waals surface area contributed by atoms with Crippen molar-refractivity contribution < 1.29 is 4.39 Å². The highest BCUT2D eigenvalue weighted by molar-refractivity contribution is 5.23. The van der Waals surface area contributed by atoms with Gasteiger partial charge in [-0.05, 0) is 30.7 Å². The molecule has 1 aliphatic rings. The summed E-state index contributed by atoms with van der Waals surface area (Å²) in [7, 11) is 2.06. The predicted octanol–water partition coefficient (Wildman–Crippen LogP) is 2.38. The number of likely N-dealkylation sites (tertiary alicyclic amines) is 1. The maximum Gasteiger partial charge on any atom is 0.123 e. The zero-order valence-electron chi connectivity index (χ0n) is 9.36. The molecule has 2 atom stereocenters. The average molecular weight is 218 g/mol. The lowest BCUT2D eigenvalue weighted by atomic mass is 9.87. The SMILES string of the molecule is CN1C[C@@H](CC#N)[C@H](c2ccc(F)cc2)C1. The molecular formula is C13H15FN2. The smallest absolute Gasteiger partial charge is 0.123 e. The molecule has 0 unspecified atom stereocenters. The van der Waals surface area contributed by atoms with Crippen LogP contribution >= 0.6 is 0 Å². The summed E-state index contributed by atoms with van der Waals surface area (Å²) >= 11 is 0. The number of benzene rings is 1. The Kier molecular flexibility index (Phi) is 3.21. The van der Waals surface area contributed by atoms with Gasteiger partial charge < -0.3 is 4.90 Å². The number of halogens is 1. The first kappa shape index (κ1) is 11.1. The third-order valence-corrected chi connectivity index (χ3v) is 3.28. The Morgan fingerprint density at radius 3 is 2.69 bits per heavy atom. The lowest BCUT2D eigenvalue weighted by Crippen LogP contribution is -2.13. The minimum absolute atomic E-state index is 0.202. The molecule has 1 saturated heterocycles. The Bertz CT molecular complexity index is 393. The van der Waals surface area contributed by atoms with Gasteiger partial charge in [-0.25, -0.2) is 4.39 Å². The molecule has 0 amide bonds. The van der Waals surface area contributed by atoms with Crippen molar-refractivity contribution in [3.8, 4) is 6.07 Å². The van der Waals surface area contributed by atoms with Crippen LogP contribution in [0.4, 0.5) is 4.39 Å². The van der Waals surface area contributed by atoms with E-state index in [0.717, 1.165) is 18.7 Å². The van der Waals surface area contributed by atoms with Crippen molar-refractivity contribution in [1.29, 1.82) is 5.26 Å². The van der Waals surface area contributed by atoms with E-state index in [1.165, 1.54) is 12.1 Å². The second kappa shape index (κ2) is 4.63. The summed E-state index contributed by atoms with van der Waals surface area (Å²) in [5.41, 5.74) is 1.14. The number of hydrogen-bond acceptors (Lipinski definition) is 2. The van der Waals surface area contributed by atoms with Crippen LogP contribution in [0.1, 0.15) is 17.9 Å². The van der Waals surface area contributed by atoms with E-state index in [2.05, 4.69) is 18.0 Å². The minimum atomic E-state index is -0.202. The number of rotatable bonds is 2. The third-order valence-electron chi connectivity index (χ3n) is 3.28. The van der Waals surface area contributed by atoms with Gasteiger partial charge >= 0.3 is 0 Å². The molecule has 0 radical (unpaired) electrons. The first-order valence-electron chi connectivity index (χ1n) is 5.51. The Morgan fingerprint density at radius 1 is 1.38 bits per heavy atom. The van der Waals surface area contributed by atoms with E-state index in [9.17, 15) is 4.39 Å². The summed E-state index contributed by atoms with van der Waals surface area (Å²) in [6, 6.07) is 8.91. The summed E-state index contributed by atoms with van der Waals surface area (Å²) in [5, 5.41) is 8.79. The molecule has 0 saturated carbocycles. The van der Waals surface area contributed by atoms with Gasteiger partial charge in [-0.15, -0.1) is 0 Å². The largest absolute Gasteiger partial charge is 0.305 e. The van der Waals surface area contributed by atoms with Crippen LogP contribution in [-0.2, 0) is 0 Å². The number of hydrogen-bond donors (Lipinski definition) is 0. The zero-order chi connectivity index (χ0) is 11.5. The molecule has 1 aromatic rings. The van der Waals surface area contributed by atoms with Crippen molar-refractivity contribution in [2.75, 3.05) is 20.1 Å². The van der Waals surface area contributed by atoms with Crippen molar-refractivity contribution in [3.63, 3.8) is 0 Å². The fourth-order valence-electron chi connectivity index (χ4n) is 2.50. The number of likely N-dealkylation sites (N-methyl/N-ethyl adjacent to an activating group) is 1. The van der Waals surface area contributed by atoms with Gasteiger partial charge in [0.25, 0.3) is 0 Å². The van der Waals surface area contributed by atoms with Crippen molar-refractivity contribution >= 4 is 0 Å². The van der Waals surface area contributed by atoms with Crippen molar-refractivity contribution in [1.82, 2.24) is 4.90 Å². The molecule has 0 N–H and O–H groups in total. The maximum absolute atomic E-state index is 12.8. The Balaban J connectivity index is 2.19. The summed E-state index contributed by atoms with van der Waals surface area (Å²) in [6.45, 7) is 1.91. The van der Waals surface area contributed by atoms with E-state index < -0.39 is 0 Å². The van der Waals surface area contributed by atoms with Gasteiger partial charge in [0.1, 0.15) is 5.82 Å². The molecule has 84 valence electrons. The van der Waals surface area contributed by atoms with Gasteiger partial charge in [-0.3, -0.25) is 0 Å². The van der Waals surface area contributed by atoms with Crippen molar-refractivity contribution in [3.05, 3.63) is 35.6 Å². The third kappa shape index (κ3) is 2.23. The van der Waals surface area contributed by atoms with E-state index in [4.69, 9.17) is 5.26 Å². The van der Waals surface area contributed by atoms with Gasteiger partial charge in [0, 0.05) is 25.4 Å². The molecule has 0 aliphatic carbocycles. The monoisotopic (exact) mass is 218 g/mol. The quantitative estimate of drug-likeness (QED) is 0.762. The van der Waals surface area contributed by atoms with E-state index in [0.29, 0.717) is 18.3 Å². The zero-order valence-corrected chi connectivity index (χ0v) is 9.36. The van der Waals surface area contributed by atoms with Crippen molar-refractivity contribution in [2.45, 2.75) is 12.3 Å². The highest BCUT2D eigenvalue weighted by atomic mass is 19.1. The molecule has 1 fully saturated rings. The fourth-order valence-corrected chi connectivity index (χ4v) is 2.50. The molecule has 1 heterocycles. The Morgan fingerprint density at radius 2 is 2.06 bits per heavy atom. The van der Waals surface area contributed by atoms with Crippen LogP contribution in [0.15, 0.2) is 24.3 Å². The molecule has 2 rings (SSSR count). The van der Waals surface area contributed by atoms with Crippen molar-refractivity contribution in [2.24, 2.45) is 5.92 Å². The van der Waals surface area contributed by atoms with Gasteiger partial charge in [-0.1, -0.05) is 12.1 Å². The lowest BCUT2D eigenvalue weighted by Gasteiger charge is -2.15. The molecule has 3 heteroatoms. The normalized spacial score (nSPS) is 25.6. The molecule has 1 aliphatic heterocycles. The fraction of sp³-hybridized carbons (Fsp3) is 0.462. The minimum Gasteiger partial charge on any atom is -0.305 e. The van der Waals surface area contributed by atoms with Crippen LogP contribution in [0.3, 0.4) is 0 Å². The molecule has 1 aromatic carbocycles. The molecule has 0 aromatic heterocycles. The van der Waals surface area contributed by atoms with Crippen LogP contribution in [-0.4, -0.2) is 25.0 Å². The van der Waals surface area contributed by atoms with Gasteiger partial charge in [0.05, 0.1) is 6.07 Å². The molecule has 0 bridgehead atoms. The van der Waals surface area contributed by atoms with Crippen LogP contribution in [0.5, 0.6) is 0 Å². The second-order valence-corrected chi connectivity index (χ2v) is 4.50. The molecule has 16 heavy (non-hydrogen) atoms. The lowest BCUT2D eigenvalue weighted by molar-refractivity contribution is 0.396. The van der Waals surface area contributed by atoms with Gasteiger partial charge in [-0.2, -0.15) is 5.26 Å². The summed E-state index contributed by atoms with van der Waals surface area (Å²) in [6.07, 6.45) is 0.576. The Hall–Kier alpha value is -1.40. The summed E-state index contributed by atoms with van der Waals surface area (Å²) in [5.74, 6) is 0.539. The molecule has 2 nitrogen and oxygen atoms in total. The Labute approximate surface area is 95.3 Å². The standard InChI is InChI=1S/C13H15FN2/c1-16-8-11(6-7-15)13(9-16)10-2-4-12(14)5-3-10/h2-5,11,13H,6,8-9H2,1H3/t11-,13+/m1/s1. The van der Waals surface area contributed by atoms with E-state index in [1.807, 2.05) is 12.1 Å². The first-order chi connectivity index (χ1) is 7.70. The van der Waals surface area contributed by atoms with Crippen LogP contribution in [0, 0.1) is 23.1 Å². The van der Waals surface area contributed by atoms with E-state index in [-0.39, 0.29) is 5.82 Å². The van der Waals surface area contributed by atoms with E-state index in [1.54, 1.807) is 0 Å². The summed E-state index contributed by atoms with van der Waals surface area (Å²) < 4.78 is 12.8. The topological polar surface area (TPSA) is 27.0 Å². The van der Waals surface area contributed by atoms with Gasteiger partial charge in [0.2, 0.25) is 0 Å². The number of nitriles is 1. The average Bonchev–Trinajstić information content (AvgIpc) is 2.61. The molecular weight excluding hydrogens is 203 g/mol.